The van der Waals surface area contributed by atoms with E-state index in [-0.39, 0.29) is 29.5 Å². The summed E-state index contributed by atoms with van der Waals surface area (Å²) in [7, 11) is 1.33. The lowest BCUT2D eigenvalue weighted by atomic mass is 9.93. The van der Waals surface area contributed by atoms with Gasteiger partial charge in [-0.25, -0.2) is 9.37 Å². The second-order valence-corrected chi connectivity index (χ2v) is 11.1. The molecular formula is C31H28F7N5O5. The number of hydrogen-bond donors (Lipinski definition) is 3. The number of ether oxygens (including phenoxy) is 2. The number of rotatable bonds is 11. The summed E-state index contributed by atoms with van der Waals surface area (Å²) in [4.78, 5) is 29.0. The van der Waals surface area contributed by atoms with Crippen molar-refractivity contribution in [2.45, 2.75) is 50.2 Å². The monoisotopic (exact) mass is 683 g/mol. The molecule has 0 aliphatic heterocycles. The topological polar surface area (TPSA) is 142 Å². The fraction of sp³-hybridized carbons (Fsp3) is 0.355. The number of benzene rings is 2. The highest BCUT2D eigenvalue weighted by molar-refractivity contribution is 6.00. The minimum absolute atomic E-state index is 0.125. The molecule has 1 atom stereocenters. The van der Waals surface area contributed by atoms with Crippen LogP contribution < -0.4 is 20.5 Å². The molecule has 2 heterocycles. The van der Waals surface area contributed by atoms with Crippen LogP contribution in [0, 0.1) is 5.82 Å². The Morgan fingerprint density at radius 2 is 1.81 bits per heavy atom. The third-order valence-corrected chi connectivity index (χ3v) is 7.64. The number of carbonyl (C=O) groups is 2. The molecule has 2 aromatic carbocycles. The number of halogens is 7. The van der Waals surface area contributed by atoms with Crippen LogP contribution in [0.2, 0.25) is 0 Å². The number of pyridine rings is 1. The van der Waals surface area contributed by atoms with Crippen molar-refractivity contribution in [3.63, 3.8) is 0 Å². The molecule has 4 N–H and O–H groups in total. The largest absolute Gasteiger partial charge is 0.494 e. The first kappa shape index (κ1) is 34.4. The van der Waals surface area contributed by atoms with E-state index in [0.717, 1.165) is 18.9 Å². The molecule has 48 heavy (non-hydrogen) atoms. The van der Waals surface area contributed by atoms with Crippen LogP contribution in [0.4, 0.5) is 30.7 Å². The maximum Gasteiger partial charge on any atom is 0.424 e. The number of nitrogens with two attached hydrogens (primary N) is 1. The molecule has 0 radical (unpaired) electrons. The van der Waals surface area contributed by atoms with Crippen molar-refractivity contribution in [2.75, 3.05) is 20.3 Å². The smallest absolute Gasteiger partial charge is 0.424 e. The first-order valence-electron chi connectivity index (χ1n) is 14.4. The lowest BCUT2D eigenvalue weighted by molar-refractivity contribution is -0.265. The SMILES string of the molecule is CCOc1c(CC(N)=O)cc([C@@](O)(CNC(=O)c2cc(OC)c3nn(C4CC4)cc3c2)C(F)(F)F)nc1-c1ccc(F)c(C(F)(F)F)c1. The fourth-order valence-corrected chi connectivity index (χ4v) is 5.09. The van der Waals surface area contributed by atoms with E-state index in [9.17, 15) is 45.4 Å². The van der Waals surface area contributed by atoms with Crippen LogP contribution in [0.1, 0.15) is 53.0 Å². The quantitative estimate of drug-likeness (QED) is 0.185. The van der Waals surface area contributed by atoms with Gasteiger partial charge < -0.3 is 25.6 Å². The van der Waals surface area contributed by atoms with Crippen molar-refractivity contribution in [1.82, 2.24) is 20.1 Å². The van der Waals surface area contributed by atoms with Crippen LogP contribution in [0.3, 0.4) is 0 Å². The summed E-state index contributed by atoms with van der Waals surface area (Å²) in [5, 5.41) is 18.2. The van der Waals surface area contributed by atoms with Gasteiger partial charge in [0.05, 0.1) is 44.0 Å². The van der Waals surface area contributed by atoms with Crippen molar-refractivity contribution in [2.24, 2.45) is 5.73 Å². The van der Waals surface area contributed by atoms with Gasteiger partial charge in [0.1, 0.15) is 28.5 Å². The predicted molar refractivity (Wildman–Crippen MR) is 156 cm³/mol. The van der Waals surface area contributed by atoms with E-state index < -0.39 is 76.8 Å². The second-order valence-electron chi connectivity index (χ2n) is 11.1. The van der Waals surface area contributed by atoms with Crippen LogP contribution in [0.15, 0.2) is 42.6 Å². The summed E-state index contributed by atoms with van der Waals surface area (Å²) in [5.41, 5.74) is -2.90. The normalized spacial score (nSPS) is 14.9. The second kappa shape index (κ2) is 12.6. The van der Waals surface area contributed by atoms with Gasteiger partial charge in [0.25, 0.3) is 5.91 Å². The molecule has 5 rings (SSSR count). The standard InChI is InChI=1S/C31H28F7N5O5/c1-3-48-27-16(12-24(39)44)11-23(41-26(27)15-4-7-21(32)20(9-15)30(33,34)35)29(46,31(36,37)38)14-40-28(45)17-8-18-13-43(19-5-6-19)42-25(18)22(10-17)47-2/h4,7-11,13,19,46H,3,5-6,12,14H2,1-2H3,(H2,39,44)(H,40,45)/t29-/m0/s1. The van der Waals surface area contributed by atoms with Gasteiger partial charge in [-0.2, -0.15) is 31.4 Å². The Labute approximate surface area is 267 Å². The highest BCUT2D eigenvalue weighted by Crippen LogP contribution is 2.43. The molecule has 0 bridgehead atoms. The van der Waals surface area contributed by atoms with Gasteiger partial charge >= 0.3 is 12.4 Å². The van der Waals surface area contributed by atoms with Gasteiger partial charge in [0, 0.05) is 28.3 Å². The molecular weight excluding hydrogens is 655 g/mol. The summed E-state index contributed by atoms with van der Waals surface area (Å²) in [6, 6.07) is 5.05. The number of aliphatic hydroxyl groups is 1. The summed E-state index contributed by atoms with van der Waals surface area (Å²) in [6.07, 6.45) is -8.03. The van der Waals surface area contributed by atoms with Crippen molar-refractivity contribution in [3.8, 4) is 22.8 Å². The number of nitrogens with zero attached hydrogens (tertiary/aromatic N) is 3. The molecule has 4 aromatic rings. The van der Waals surface area contributed by atoms with Crippen LogP contribution in [0.25, 0.3) is 22.2 Å². The summed E-state index contributed by atoms with van der Waals surface area (Å²) in [5.74, 6) is -4.02. The number of hydrogen-bond acceptors (Lipinski definition) is 7. The zero-order valence-corrected chi connectivity index (χ0v) is 25.3. The van der Waals surface area contributed by atoms with E-state index in [1.54, 1.807) is 10.9 Å². The molecule has 1 aliphatic rings. The first-order chi connectivity index (χ1) is 22.5. The average Bonchev–Trinajstić information content (AvgIpc) is 3.77. The van der Waals surface area contributed by atoms with Gasteiger partial charge in [-0.1, -0.05) is 0 Å². The van der Waals surface area contributed by atoms with Crippen molar-refractivity contribution >= 4 is 22.7 Å². The lowest BCUT2D eigenvalue weighted by Gasteiger charge is -2.31. The van der Waals surface area contributed by atoms with Crippen molar-refractivity contribution in [1.29, 1.82) is 0 Å². The van der Waals surface area contributed by atoms with Gasteiger partial charge in [-0.15, -0.1) is 0 Å². The van der Waals surface area contributed by atoms with Crippen molar-refractivity contribution in [3.05, 3.63) is 70.8 Å². The fourth-order valence-electron chi connectivity index (χ4n) is 5.09. The number of aromatic nitrogens is 3. The molecule has 0 saturated heterocycles. The summed E-state index contributed by atoms with van der Waals surface area (Å²) >= 11 is 0. The van der Waals surface area contributed by atoms with Crippen LogP contribution in [0.5, 0.6) is 11.5 Å². The molecule has 1 fully saturated rings. The highest BCUT2D eigenvalue weighted by atomic mass is 19.4. The van der Waals surface area contributed by atoms with Gasteiger partial charge in [-0.05, 0) is 56.2 Å². The Bertz CT molecular complexity index is 1890. The van der Waals surface area contributed by atoms with E-state index in [1.165, 1.54) is 26.2 Å². The number of methoxy groups -OCH3 is 1. The first-order valence-corrected chi connectivity index (χ1v) is 14.4. The Kier molecular flexibility index (Phi) is 9.03. The van der Waals surface area contributed by atoms with Gasteiger partial charge in [0.15, 0.2) is 0 Å². The number of alkyl halides is 6. The summed E-state index contributed by atoms with van der Waals surface area (Å²) in [6.45, 7) is -0.257. The molecule has 256 valence electrons. The molecule has 2 aromatic heterocycles. The maximum atomic E-state index is 14.7. The third-order valence-electron chi connectivity index (χ3n) is 7.64. The van der Waals surface area contributed by atoms with Crippen LogP contribution in [-0.4, -0.2) is 58.1 Å². The van der Waals surface area contributed by atoms with Crippen LogP contribution >= 0.6 is 0 Å². The third kappa shape index (κ3) is 6.72. The van der Waals surface area contributed by atoms with Gasteiger partial charge in [-0.3, -0.25) is 14.3 Å². The zero-order valence-electron chi connectivity index (χ0n) is 25.3. The highest BCUT2D eigenvalue weighted by Gasteiger charge is 2.57. The minimum Gasteiger partial charge on any atom is -0.494 e. The predicted octanol–water partition coefficient (Wildman–Crippen LogP) is 5.21. The minimum atomic E-state index is -5.55. The number of nitrogens with one attached hydrogen (secondary N) is 1. The Morgan fingerprint density at radius 3 is 2.40 bits per heavy atom. The molecule has 17 heteroatoms. The van der Waals surface area contributed by atoms with E-state index in [0.29, 0.717) is 29.1 Å². The number of primary amides is 1. The van der Waals surface area contributed by atoms with E-state index in [1.807, 2.05) is 5.32 Å². The summed E-state index contributed by atoms with van der Waals surface area (Å²) < 4.78 is 111. The molecule has 2 amide bonds. The molecule has 1 aliphatic carbocycles. The molecule has 1 saturated carbocycles. The molecule has 10 nitrogen and oxygen atoms in total. The van der Waals surface area contributed by atoms with Crippen LogP contribution in [-0.2, 0) is 23.0 Å². The number of fused-ring (bicyclic) bond motifs is 1. The van der Waals surface area contributed by atoms with E-state index in [2.05, 4.69) is 10.1 Å². The average molecular weight is 684 g/mol. The number of amides is 2. The lowest BCUT2D eigenvalue weighted by Crippen LogP contribution is -2.51. The van der Waals surface area contributed by atoms with E-state index >= 15 is 0 Å². The number of carbonyl (C=O) groups excluding carboxylic acids is 2. The Balaban J connectivity index is 1.59. The zero-order chi connectivity index (χ0) is 35.2. The molecule has 0 unspecified atom stereocenters. The molecule has 0 spiro atoms. The maximum absolute atomic E-state index is 14.7. The van der Waals surface area contributed by atoms with E-state index in [4.69, 9.17) is 15.2 Å². The van der Waals surface area contributed by atoms with Gasteiger partial charge in [0.2, 0.25) is 11.5 Å². The Morgan fingerprint density at radius 1 is 1.10 bits per heavy atom. The Hall–Kier alpha value is -4.93. The van der Waals surface area contributed by atoms with Crippen molar-refractivity contribution < 1.29 is 54.9 Å².